The molecule has 0 bridgehead atoms. The van der Waals surface area contributed by atoms with E-state index in [2.05, 4.69) is 6.07 Å². The first-order valence-electron chi connectivity index (χ1n) is 7.41. The molecule has 1 heterocycles. The van der Waals surface area contributed by atoms with Gasteiger partial charge in [-0.2, -0.15) is 0 Å². The lowest BCUT2D eigenvalue weighted by Crippen LogP contribution is -2.50. The van der Waals surface area contributed by atoms with Crippen LogP contribution in [0.2, 0.25) is 5.02 Å². The number of carbonyl (C=O) groups is 1. The van der Waals surface area contributed by atoms with Crippen molar-refractivity contribution < 1.29 is 4.79 Å². The molecule has 1 saturated heterocycles. The third-order valence-corrected chi connectivity index (χ3v) is 4.89. The lowest BCUT2D eigenvalue weighted by atomic mass is 9.75. The minimum Gasteiger partial charge on any atom is -0.336 e. The number of carbonyl (C=O) groups excluding carboxylic acids is 1. The van der Waals surface area contributed by atoms with Gasteiger partial charge in [0.25, 0.3) is 0 Å². The molecule has 0 radical (unpaired) electrons. The van der Waals surface area contributed by atoms with Gasteiger partial charge >= 0.3 is 0 Å². The molecule has 1 aromatic carbocycles. The molecule has 0 aromatic heterocycles. The average molecular weight is 329 g/mol. The summed E-state index contributed by atoms with van der Waals surface area (Å²) in [5, 5.41) is 0.732. The van der Waals surface area contributed by atoms with Crippen LogP contribution in [0, 0.1) is 0 Å². The zero-order valence-corrected chi connectivity index (χ0v) is 13.6. The Hall–Kier alpha value is -0.770. The molecule has 1 unspecified atom stereocenters. The van der Waals surface area contributed by atoms with Crippen LogP contribution in [0.3, 0.4) is 0 Å². The van der Waals surface area contributed by atoms with Gasteiger partial charge in [-0.25, -0.2) is 0 Å². The van der Waals surface area contributed by atoms with Crippen molar-refractivity contribution in [3.8, 4) is 0 Å². The predicted octanol–water partition coefficient (Wildman–Crippen LogP) is 3.70. The van der Waals surface area contributed by atoms with E-state index in [0.29, 0.717) is 6.42 Å². The first-order chi connectivity index (χ1) is 9.57. The molecule has 1 aliphatic heterocycles. The average Bonchev–Trinajstić information content (AvgIpc) is 2.86. The van der Waals surface area contributed by atoms with Gasteiger partial charge in [0, 0.05) is 23.5 Å². The third-order valence-electron chi connectivity index (χ3n) is 4.66. The van der Waals surface area contributed by atoms with E-state index < -0.39 is 0 Å². The van der Waals surface area contributed by atoms with E-state index in [9.17, 15) is 4.79 Å². The second-order valence-corrected chi connectivity index (χ2v) is 6.63. The summed E-state index contributed by atoms with van der Waals surface area (Å²) < 4.78 is 0. The van der Waals surface area contributed by atoms with Gasteiger partial charge < -0.3 is 10.6 Å². The van der Waals surface area contributed by atoms with E-state index in [4.69, 9.17) is 17.3 Å². The summed E-state index contributed by atoms with van der Waals surface area (Å²) in [7, 11) is 0. The molecule has 1 aromatic rings. The summed E-state index contributed by atoms with van der Waals surface area (Å²) >= 11 is 6.07. The van der Waals surface area contributed by atoms with Crippen molar-refractivity contribution in [3.05, 3.63) is 34.9 Å². The van der Waals surface area contributed by atoms with Gasteiger partial charge in [-0.15, -0.1) is 12.4 Å². The van der Waals surface area contributed by atoms with Crippen LogP contribution in [0.15, 0.2) is 24.3 Å². The van der Waals surface area contributed by atoms with Crippen molar-refractivity contribution in [2.24, 2.45) is 5.73 Å². The molecule has 5 heteroatoms. The van der Waals surface area contributed by atoms with E-state index in [0.717, 1.165) is 49.2 Å². The second kappa shape index (κ2) is 6.55. The minimum atomic E-state index is -0.238. The normalized spacial score (nSPS) is 23.3. The minimum absolute atomic E-state index is 0. The van der Waals surface area contributed by atoms with E-state index >= 15 is 0 Å². The molecule has 2 aliphatic rings. The Balaban J connectivity index is 0.00000161. The lowest BCUT2D eigenvalue weighted by molar-refractivity contribution is -0.134. The fourth-order valence-electron chi connectivity index (χ4n) is 3.34. The van der Waals surface area contributed by atoms with Crippen LogP contribution >= 0.6 is 24.0 Å². The number of nitrogens with zero attached hydrogens (tertiary/aromatic N) is 1. The molecule has 2 N–H and O–H groups in total. The molecule has 2 fully saturated rings. The highest BCUT2D eigenvalue weighted by molar-refractivity contribution is 6.30. The molecule has 1 atom stereocenters. The van der Waals surface area contributed by atoms with Crippen molar-refractivity contribution in [3.63, 3.8) is 0 Å². The SMILES string of the molecule is Cl.NC1(CC(=O)N2CCCC2c2cccc(Cl)c2)CCC1. The first-order valence-corrected chi connectivity index (χ1v) is 7.79. The number of hydrogen-bond acceptors (Lipinski definition) is 2. The van der Waals surface area contributed by atoms with Crippen LogP contribution in [0.5, 0.6) is 0 Å². The Morgan fingerprint density at radius 3 is 2.76 bits per heavy atom. The van der Waals surface area contributed by atoms with Crippen LogP contribution in [-0.2, 0) is 4.79 Å². The lowest BCUT2D eigenvalue weighted by Gasteiger charge is -2.39. The molecule has 21 heavy (non-hydrogen) atoms. The monoisotopic (exact) mass is 328 g/mol. The van der Waals surface area contributed by atoms with Crippen LogP contribution in [0.25, 0.3) is 0 Å². The van der Waals surface area contributed by atoms with E-state index in [-0.39, 0.29) is 29.9 Å². The zero-order chi connectivity index (χ0) is 14.2. The second-order valence-electron chi connectivity index (χ2n) is 6.19. The van der Waals surface area contributed by atoms with Gasteiger partial charge in [0.05, 0.1) is 6.04 Å². The molecule has 3 rings (SSSR count). The van der Waals surface area contributed by atoms with E-state index in [1.807, 2.05) is 23.1 Å². The van der Waals surface area contributed by atoms with Crippen molar-refractivity contribution in [1.82, 2.24) is 4.90 Å². The summed E-state index contributed by atoms with van der Waals surface area (Å²) in [6, 6.07) is 8.03. The Kier molecular flexibility index (Phi) is 5.18. The fourth-order valence-corrected chi connectivity index (χ4v) is 3.53. The summed E-state index contributed by atoms with van der Waals surface area (Å²) in [4.78, 5) is 14.5. The summed E-state index contributed by atoms with van der Waals surface area (Å²) in [5.74, 6) is 0.203. The quantitative estimate of drug-likeness (QED) is 0.919. The van der Waals surface area contributed by atoms with Crippen molar-refractivity contribution >= 4 is 29.9 Å². The zero-order valence-electron chi connectivity index (χ0n) is 12.1. The van der Waals surface area contributed by atoms with E-state index in [1.165, 1.54) is 0 Å². The molecule has 1 aliphatic carbocycles. The third kappa shape index (κ3) is 3.53. The van der Waals surface area contributed by atoms with Crippen LogP contribution in [-0.4, -0.2) is 22.9 Å². The van der Waals surface area contributed by atoms with Crippen LogP contribution in [0.1, 0.15) is 50.1 Å². The largest absolute Gasteiger partial charge is 0.336 e. The molecule has 0 spiro atoms. The smallest absolute Gasteiger partial charge is 0.224 e. The highest BCUT2D eigenvalue weighted by Crippen LogP contribution is 2.37. The molecular formula is C16H22Cl2N2O. The number of rotatable bonds is 3. The van der Waals surface area contributed by atoms with Crippen LogP contribution in [0.4, 0.5) is 0 Å². The van der Waals surface area contributed by atoms with Gasteiger partial charge in [0.2, 0.25) is 5.91 Å². The van der Waals surface area contributed by atoms with Gasteiger partial charge in [-0.1, -0.05) is 23.7 Å². The summed E-state index contributed by atoms with van der Waals surface area (Å²) in [6.45, 7) is 0.839. The van der Waals surface area contributed by atoms with Crippen LogP contribution < -0.4 is 5.73 Å². The summed E-state index contributed by atoms with van der Waals surface area (Å²) in [6.07, 6.45) is 5.68. The number of halogens is 2. The van der Waals surface area contributed by atoms with Gasteiger partial charge in [-0.3, -0.25) is 4.79 Å². The van der Waals surface area contributed by atoms with Crippen molar-refractivity contribution in [2.45, 2.75) is 50.1 Å². The number of nitrogens with two attached hydrogens (primary N) is 1. The van der Waals surface area contributed by atoms with E-state index in [1.54, 1.807) is 0 Å². The number of likely N-dealkylation sites (tertiary alicyclic amines) is 1. The fraction of sp³-hybridized carbons (Fsp3) is 0.562. The predicted molar refractivity (Wildman–Crippen MR) is 87.8 cm³/mol. The molecule has 3 nitrogen and oxygen atoms in total. The number of amides is 1. The van der Waals surface area contributed by atoms with Crippen molar-refractivity contribution in [1.29, 1.82) is 0 Å². The van der Waals surface area contributed by atoms with Gasteiger partial charge in [0.1, 0.15) is 0 Å². The maximum atomic E-state index is 12.5. The summed E-state index contributed by atoms with van der Waals surface area (Å²) in [5.41, 5.74) is 7.12. The maximum Gasteiger partial charge on any atom is 0.224 e. The maximum absolute atomic E-state index is 12.5. The Morgan fingerprint density at radius 2 is 2.14 bits per heavy atom. The molecule has 1 amide bonds. The Bertz CT molecular complexity index is 517. The highest BCUT2D eigenvalue weighted by Gasteiger charge is 2.38. The topological polar surface area (TPSA) is 46.3 Å². The first kappa shape index (κ1) is 16.6. The van der Waals surface area contributed by atoms with Gasteiger partial charge in [0.15, 0.2) is 0 Å². The standard InChI is InChI=1S/C16H21ClN2O.ClH/c17-13-5-1-4-12(10-13)14-6-2-9-19(14)15(20)11-16(18)7-3-8-16;/h1,4-5,10,14H,2-3,6-9,11,18H2;1H. The molecular weight excluding hydrogens is 307 g/mol. The molecule has 116 valence electrons. The van der Waals surface area contributed by atoms with Crippen molar-refractivity contribution in [2.75, 3.05) is 6.54 Å². The van der Waals surface area contributed by atoms with Gasteiger partial charge in [-0.05, 0) is 49.8 Å². The molecule has 1 saturated carbocycles. The number of benzene rings is 1. The number of hydrogen-bond donors (Lipinski definition) is 1. The highest BCUT2D eigenvalue weighted by atomic mass is 35.5. The Morgan fingerprint density at radius 1 is 1.38 bits per heavy atom. The Labute approximate surface area is 137 Å².